The number of hydrogen-bond acceptors (Lipinski definition) is 3. The predicted octanol–water partition coefficient (Wildman–Crippen LogP) is 2.23. The first-order chi connectivity index (χ1) is 8.16. The van der Waals surface area contributed by atoms with Gasteiger partial charge in [0, 0.05) is 6.42 Å². The number of carbonyl (C=O) groups is 1. The molecule has 4 heteroatoms. The summed E-state index contributed by atoms with van der Waals surface area (Å²) in [6.45, 7) is 0. The summed E-state index contributed by atoms with van der Waals surface area (Å²) in [6, 6.07) is 9.34. The minimum Gasteiger partial charge on any atom is -0.397 e. The van der Waals surface area contributed by atoms with Crippen LogP contribution >= 0.6 is 0 Å². The number of nitrogens with two attached hydrogens (primary N) is 1. The van der Waals surface area contributed by atoms with Crippen LogP contribution in [0.5, 0.6) is 0 Å². The van der Waals surface area contributed by atoms with E-state index in [1.54, 1.807) is 30.3 Å². The molecule has 2 aromatic rings. The molecule has 0 atom stereocenters. The van der Waals surface area contributed by atoms with E-state index in [9.17, 15) is 9.18 Å². The number of benzene rings is 1. The molecule has 0 aliphatic carbocycles. The van der Waals surface area contributed by atoms with Gasteiger partial charge >= 0.3 is 0 Å². The van der Waals surface area contributed by atoms with E-state index in [2.05, 4.69) is 4.98 Å². The van der Waals surface area contributed by atoms with Crippen molar-refractivity contribution in [2.45, 2.75) is 6.42 Å². The summed E-state index contributed by atoms with van der Waals surface area (Å²) in [4.78, 5) is 15.7. The van der Waals surface area contributed by atoms with Crippen LogP contribution < -0.4 is 5.73 Å². The zero-order valence-corrected chi connectivity index (χ0v) is 9.06. The average molecular weight is 230 g/mol. The molecule has 0 fully saturated rings. The molecule has 0 bridgehead atoms. The van der Waals surface area contributed by atoms with Gasteiger partial charge in [-0.15, -0.1) is 0 Å². The number of aromatic nitrogens is 1. The number of rotatable bonds is 3. The zero-order valence-electron chi connectivity index (χ0n) is 9.06. The number of anilines is 1. The van der Waals surface area contributed by atoms with E-state index in [1.807, 2.05) is 0 Å². The lowest BCUT2D eigenvalue weighted by Gasteiger charge is -2.02. The first kappa shape index (κ1) is 11.3. The standard InChI is InChI=1S/C13H11FN2O/c14-11-4-2-1-3-9(11)7-13(17)12-6-5-10(15)8-16-12/h1-6,8H,7,15H2. The molecule has 0 saturated heterocycles. The Bertz CT molecular complexity index is 537. The van der Waals surface area contributed by atoms with Crippen LogP contribution in [0.2, 0.25) is 0 Å². The number of halogens is 1. The Kier molecular flexibility index (Phi) is 3.14. The minimum absolute atomic E-state index is 0.00356. The number of Topliss-reactive ketones (excluding diaryl/α,β-unsaturated/α-hetero) is 1. The fourth-order valence-electron chi connectivity index (χ4n) is 1.48. The lowest BCUT2D eigenvalue weighted by Crippen LogP contribution is -2.07. The fraction of sp³-hybridized carbons (Fsp3) is 0.0769. The van der Waals surface area contributed by atoms with Crippen LogP contribution in [0.25, 0.3) is 0 Å². The van der Waals surface area contributed by atoms with Crippen LogP contribution in [0.3, 0.4) is 0 Å². The third-order valence-corrected chi connectivity index (χ3v) is 2.38. The van der Waals surface area contributed by atoms with Crippen molar-refractivity contribution in [3.63, 3.8) is 0 Å². The highest BCUT2D eigenvalue weighted by Gasteiger charge is 2.10. The van der Waals surface area contributed by atoms with Crippen LogP contribution in [0, 0.1) is 5.82 Å². The highest BCUT2D eigenvalue weighted by Crippen LogP contribution is 2.10. The van der Waals surface area contributed by atoms with Crippen LogP contribution in [0.4, 0.5) is 10.1 Å². The fourth-order valence-corrected chi connectivity index (χ4v) is 1.48. The molecule has 0 amide bonds. The Labute approximate surface area is 98.1 Å². The molecule has 1 aromatic carbocycles. The van der Waals surface area contributed by atoms with Crippen LogP contribution in [0.1, 0.15) is 16.1 Å². The normalized spacial score (nSPS) is 10.2. The highest BCUT2D eigenvalue weighted by atomic mass is 19.1. The van der Waals surface area contributed by atoms with Crippen molar-refractivity contribution in [2.75, 3.05) is 5.73 Å². The van der Waals surface area contributed by atoms with E-state index in [-0.39, 0.29) is 18.0 Å². The van der Waals surface area contributed by atoms with E-state index in [1.165, 1.54) is 12.3 Å². The van der Waals surface area contributed by atoms with Crippen molar-refractivity contribution < 1.29 is 9.18 Å². The van der Waals surface area contributed by atoms with E-state index in [4.69, 9.17) is 5.73 Å². The molecule has 0 saturated carbocycles. The molecule has 1 aromatic heterocycles. The summed E-state index contributed by atoms with van der Waals surface area (Å²) >= 11 is 0. The monoisotopic (exact) mass is 230 g/mol. The molecular weight excluding hydrogens is 219 g/mol. The number of carbonyl (C=O) groups excluding carboxylic acids is 1. The van der Waals surface area contributed by atoms with Crippen LogP contribution in [-0.2, 0) is 6.42 Å². The average Bonchev–Trinajstić information content (AvgIpc) is 2.33. The number of nitrogen functional groups attached to an aromatic ring is 1. The summed E-state index contributed by atoms with van der Waals surface area (Å²) in [7, 11) is 0. The van der Waals surface area contributed by atoms with Gasteiger partial charge in [-0.05, 0) is 23.8 Å². The topological polar surface area (TPSA) is 56.0 Å². The van der Waals surface area contributed by atoms with E-state index < -0.39 is 0 Å². The number of ketones is 1. The molecule has 0 radical (unpaired) electrons. The summed E-state index contributed by atoms with van der Waals surface area (Å²) in [6.07, 6.45) is 1.41. The molecule has 1 heterocycles. The quantitative estimate of drug-likeness (QED) is 0.822. The summed E-state index contributed by atoms with van der Waals surface area (Å²) in [5, 5.41) is 0. The van der Waals surface area contributed by atoms with Gasteiger partial charge in [-0.25, -0.2) is 4.39 Å². The first-order valence-electron chi connectivity index (χ1n) is 5.15. The molecule has 0 aliphatic rings. The molecule has 2 N–H and O–H groups in total. The zero-order chi connectivity index (χ0) is 12.3. The predicted molar refractivity (Wildman–Crippen MR) is 63.1 cm³/mol. The van der Waals surface area contributed by atoms with Crippen LogP contribution in [-0.4, -0.2) is 10.8 Å². The van der Waals surface area contributed by atoms with Crippen molar-refractivity contribution in [1.82, 2.24) is 4.98 Å². The van der Waals surface area contributed by atoms with E-state index >= 15 is 0 Å². The Morgan fingerprint density at radius 1 is 1.24 bits per heavy atom. The second kappa shape index (κ2) is 4.74. The highest BCUT2D eigenvalue weighted by molar-refractivity contribution is 5.95. The second-order valence-electron chi connectivity index (χ2n) is 3.67. The third-order valence-electron chi connectivity index (χ3n) is 2.38. The van der Waals surface area contributed by atoms with Crippen molar-refractivity contribution in [1.29, 1.82) is 0 Å². The Morgan fingerprint density at radius 2 is 2.00 bits per heavy atom. The summed E-state index contributed by atoms with van der Waals surface area (Å²) in [5.41, 5.74) is 6.63. The van der Waals surface area contributed by atoms with Gasteiger partial charge in [0.1, 0.15) is 11.5 Å². The maximum atomic E-state index is 13.3. The third kappa shape index (κ3) is 2.66. The number of nitrogens with zero attached hydrogens (tertiary/aromatic N) is 1. The number of pyridine rings is 1. The first-order valence-corrected chi connectivity index (χ1v) is 5.15. The molecule has 2 rings (SSSR count). The second-order valence-corrected chi connectivity index (χ2v) is 3.67. The molecule has 0 spiro atoms. The molecule has 3 nitrogen and oxygen atoms in total. The van der Waals surface area contributed by atoms with Crippen molar-refractivity contribution in [2.24, 2.45) is 0 Å². The molecule has 86 valence electrons. The molecule has 0 aliphatic heterocycles. The van der Waals surface area contributed by atoms with Crippen LogP contribution in [0.15, 0.2) is 42.6 Å². The SMILES string of the molecule is Nc1ccc(C(=O)Cc2ccccc2F)nc1. The maximum Gasteiger partial charge on any atom is 0.185 e. The van der Waals surface area contributed by atoms with Gasteiger partial charge in [-0.2, -0.15) is 0 Å². The molecular formula is C13H11FN2O. The minimum atomic E-state index is -0.378. The van der Waals surface area contributed by atoms with E-state index in [0.29, 0.717) is 16.9 Å². The Balaban J connectivity index is 2.17. The molecule has 17 heavy (non-hydrogen) atoms. The molecule has 0 unspecified atom stereocenters. The van der Waals surface area contributed by atoms with E-state index in [0.717, 1.165) is 0 Å². The van der Waals surface area contributed by atoms with Gasteiger partial charge in [0.15, 0.2) is 5.78 Å². The Hall–Kier alpha value is -2.23. The van der Waals surface area contributed by atoms with Gasteiger partial charge in [0.05, 0.1) is 11.9 Å². The number of hydrogen-bond donors (Lipinski definition) is 1. The van der Waals surface area contributed by atoms with Gasteiger partial charge in [0.25, 0.3) is 0 Å². The lowest BCUT2D eigenvalue weighted by atomic mass is 10.1. The van der Waals surface area contributed by atoms with Gasteiger partial charge in [0.2, 0.25) is 0 Å². The van der Waals surface area contributed by atoms with Gasteiger partial charge in [-0.3, -0.25) is 9.78 Å². The van der Waals surface area contributed by atoms with Crippen molar-refractivity contribution in [3.8, 4) is 0 Å². The van der Waals surface area contributed by atoms with Crippen molar-refractivity contribution in [3.05, 3.63) is 59.7 Å². The summed E-state index contributed by atoms with van der Waals surface area (Å²) in [5.74, 6) is -0.605. The summed E-state index contributed by atoms with van der Waals surface area (Å²) < 4.78 is 13.3. The van der Waals surface area contributed by atoms with Gasteiger partial charge in [-0.1, -0.05) is 18.2 Å². The van der Waals surface area contributed by atoms with Crippen molar-refractivity contribution >= 4 is 11.5 Å². The largest absolute Gasteiger partial charge is 0.397 e. The Morgan fingerprint density at radius 3 is 2.65 bits per heavy atom. The lowest BCUT2D eigenvalue weighted by molar-refractivity contribution is 0.0987. The smallest absolute Gasteiger partial charge is 0.185 e. The van der Waals surface area contributed by atoms with Gasteiger partial charge < -0.3 is 5.73 Å². The maximum absolute atomic E-state index is 13.3.